The van der Waals surface area contributed by atoms with Gasteiger partial charge in [-0.3, -0.25) is 0 Å². The molecular weight excluding hydrogens is 222 g/mol. The maximum atomic E-state index is 5.63. The van der Waals surface area contributed by atoms with Crippen LogP contribution in [0, 0.1) is 0 Å². The highest BCUT2D eigenvalue weighted by Gasteiger charge is 2.14. The van der Waals surface area contributed by atoms with Crippen LogP contribution in [0.4, 0.5) is 10.9 Å². The third kappa shape index (κ3) is 1.69. The summed E-state index contributed by atoms with van der Waals surface area (Å²) in [6.45, 7) is 2.16. The number of nitrogens with two attached hydrogens (primary N) is 1. The molecular formula is C10H13N5S. The highest BCUT2D eigenvalue weighted by molar-refractivity contribution is 7.21. The molecule has 2 aromatic rings. The third-order valence-electron chi connectivity index (χ3n) is 2.81. The molecule has 2 N–H and O–H groups in total. The van der Waals surface area contributed by atoms with Gasteiger partial charge in [0.25, 0.3) is 0 Å². The van der Waals surface area contributed by atoms with E-state index in [4.69, 9.17) is 5.73 Å². The predicted molar refractivity (Wildman–Crippen MR) is 65.7 cm³/mol. The van der Waals surface area contributed by atoms with E-state index >= 15 is 0 Å². The van der Waals surface area contributed by atoms with Crippen LogP contribution < -0.4 is 10.6 Å². The zero-order valence-corrected chi connectivity index (χ0v) is 9.70. The van der Waals surface area contributed by atoms with Crippen LogP contribution in [0.15, 0.2) is 6.20 Å². The molecule has 1 fully saturated rings. The zero-order valence-electron chi connectivity index (χ0n) is 8.89. The molecule has 1 aliphatic heterocycles. The molecule has 0 aromatic carbocycles. The molecule has 3 rings (SSSR count). The first-order valence-electron chi connectivity index (χ1n) is 5.47. The minimum atomic E-state index is 0.533. The Morgan fingerprint density at radius 1 is 1.19 bits per heavy atom. The number of piperidine rings is 1. The molecule has 0 amide bonds. The van der Waals surface area contributed by atoms with E-state index in [2.05, 4.69) is 19.9 Å². The molecule has 5 nitrogen and oxygen atoms in total. The second kappa shape index (κ2) is 3.86. The number of rotatable bonds is 1. The van der Waals surface area contributed by atoms with Crippen LogP contribution in [0.5, 0.6) is 0 Å². The average Bonchev–Trinajstić information content (AvgIpc) is 2.69. The Balaban J connectivity index is 1.97. The minimum Gasteiger partial charge on any atom is -0.375 e. The number of aromatic nitrogens is 3. The quantitative estimate of drug-likeness (QED) is 0.814. The Labute approximate surface area is 97.3 Å². The highest BCUT2D eigenvalue weighted by atomic mass is 32.1. The number of hydrogen-bond acceptors (Lipinski definition) is 6. The number of fused-ring (bicyclic) bond motifs is 1. The molecule has 84 valence electrons. The molecule has 6 heteroatoms. The summed E-state index contributed by atoms with van der Waals surface area (Å²) in [5, 5.41) is 0.533. The van der Waals surface area contributed by atoms with Crippen molar-refractivity contribution in [3.63, 3.8) is 0 Å². The van der Waals surface area contributed by atoms with Crippen molar-refractivity contribution in [3.05, 3.63) is 6.20 Å². The Morgan fingerprint density at radius 2 is 2.00 bits per heavy atom. The number of anilines is 2. The molecule has 16 heavy (non-hydrogen) atoms. The fourth-order valence-corrected chi connectivity index (χ4v) is 2.66. The maximum absolute atomic E-state index is 5.63. The largest absolute Gasteiger partial charge is 0.375 e. The second-order valence-electron chi connectivity index (χ2n) is 3.96. The zero-order chi connectivity index (χ0) is 11.0. The number of hydrogen-bond donors (Lipinski definition) is 1. The van der Waals surface area contributed by atoms with Crippen molar-refractivity contribution < 1.29 is 0 Å². The van der Waals surface area contributed by atoms with E-state index in [-0.39, 0.29) is 0 Å². The topological polar surface area (TPSA) is 67.9 Å². The Kier molecular flexibility index (Phi) is 2.36. The van der Waals surface area contributed by atoms with Gasteiger partial charge in [-0.2, -0.15) is 4.98 Å². The van der Waals surface area contributed by atoms with Gasteiger partial charge in [-0.25, -0.2) is 9.97 Å². The smallest absolute Gasteiger partial charge is 0.191 e. The summed E-state index contributed by atoms with van der Waals surface area (Å²) < 4.78 is 0. The van der Waals surface area contributed by atoms with Gasteiger partial charge in [0.1, 0.15) is 5.82 Å². The summed E-state index contributed by atoms with van der Waals surface area (Å²) in [7, 11) is 0. The van der Waals surface area contributed by atoms with Gasteiger partial charge in [0.15, 0.2) is 15.6 Å². The van der Waals surface area contributed by atoms with Gasteiger partial charge in [0.05, 0.1) is 6.20 Å². The van der Waals surface area contributed by atoms with Gasteiger partial charge in [0.2, 0.25) is 0 Å². The van der Waals surface area contributed by atoms with Gasteiger partial charge in [-0.05, 0) is 19.3 Å². The summed E-state index contributed by atoms with van der Waals surface area (Å²) in [6, 6.07) is 0. The molecule has 0 radical (unpaired) electrons. The lowest BCUT2D eigenvalue weighted by Gasteiger charge is -2.27. The average molecular weight is 235 g/mol. The van der Waals surface area contributed by atoms with Crippen molar-refractivity contribution in [2.45, 2.75) is 19.3 Å². The molecule has 0 bridgehead atoms. The standard InChI is InChI=1S/C10H13N5S/c11-10-14-8-9(16-10)13-7(6-12-8)15-4-2-1-3-5-15/h6H,1-5H2,(H2,11,12,14). The predicted octanol–water partition coefficient (Wildman–Crippen LogP) is 1.66. The van der Waals surface area contributed by atoms with Crippen molar-refractivity contribution >= 4 is 32.8 Å². The monoisotopic (exact) mass is 235 g/mol. The van der Waals surface area contributed by atoms with E-state index < -0.39 is 0 Å². The SMILES string of the molecule is Nc1nc2ncc(N3CCCCC3)nc2s1. The lowest BCUT2D eigenvalue weighted by molar-refractivity contribution is 0.573. The van der Waals surface area contributed by atoms with Gasteiger partial charge in [-0.1, -0.05) is 11.3 Å². The summed E-state index contributed by atoms with van der Waals surface area (Å²) in [5.41, 5.74) is 6.29. The van der Waals surface area contributed by atoms with Crippen molar-refractivity contribution in [1.82, 2.24) is 15.0 Å². The van der Waals surface area contributed by atoms with E-state index in [1.54, 1.807) is 6.20 Å². The number of thiazole rings is 1. The number of nitrogens with zero attached hydrogens (tertiary/aromatic N) is 4. The Bertz CT molecular complexity index is 503. The van der Waals surface area contributed by atoms with Gasteiger partial charge in [0, 0.05) is 13.1 Å². The molecule has 0 spiro atoms. The van der Waals surface area contributed by atoms with Crippen LogP contribution in [0.25, 0.3) is 10.5 Å². The van der Waals surface area contributed by atoms with Crippen LogP contribution in [0.2, 0.25) is 0 Å². The third-order valence-corrected chi connectivity index (χ3v) is 3.57. The van der Waals surface area contributed by atoms with Gasteiger partial charge < -0.3 is 10.6 Å². The molecule has 1 aliphatic rings. The molecule has 1 saturated heterocycles. The van der Waals surface area contributed by atoms with Crippen LogP contribution in [0.1, 0.15) is 19.3 Å². The number of nitrogen functional groups attached to an aromatic ring is 1. The lowest BCUT2D eigenvalue weighted by Crippen LogP contribution is -2.30. The molecule has 2 aromatic heterocycles. The minimum absolute atomic E-state index is 0.533. The van der Waals surface area contributed by atoms with E-state index in [9.17, 15) is 0 Å². The second-order valence-corrected chi connectivity index (χ2v) is 4.97. The highest BCUT2D eigenvalue weighted by Crippen LogP contribution is 2.24. The molecule has 0 unspecified atom stereocenters. The first kappa shape index (κ1) is 9.77. The van der Waals surface area contributed by atoms with E-state index in [0.717, 1.165) is 23.7 Å². The Morgan fingerprint density at radius 3 is 2.81 bits per heavy atom. The molecule has 0 atom stereocenters. The summed E-state index contributed by atoms with van der Waals surface area (Å²) in [6.07, 6.45) is 5.60. The van der Waals surface area contributed by atoms with Crippen LogP contribution >= 0.6 is 11.3 Å². The molecule has 0 aliphatic carbocycles. The summed E-state index contributed by atoms with van der Waals surface area (Å²) in [4.78, 5) is 16.1. The molecule has 3 heterocycles. The fraction of sp³-hybridized carbons (Fsp3) is 0.500. The van der Waals surface area contributed by atoms with Crippen LogP contribution in [0.3, 0.4) is 0 Å². The van der Waals surface area contributed by atoms with Gasteiger partial charge in [-0.15, -0.1) is 0 Å². The Hall–Kier alpha value is -1.43. The fourth-order valence-electron chi connectivity index (χ4n) is 2.00. The van der Waals surface area contributed by atoms with Crippen molar-refractivity contribution in [2.24, 2.45) is 0 Å². The maximum Gasteiger partial charge on any atom is 0.191 e. The normalized spacial score (nSPS) is 16.9. The van der Waals surface area contributed by atoms with E-state index in [1.165, 1.54) is 30.6 Å². The summed E-state index contributed by atoms with van der Waals surface area (Å²) in [5.74, 6) is 0.954. The van der Waals surface area contributed by atoms with E-state index in [0.29, 0.717) is 10.8 Å². The summed E-state index contributed by atoms with van der Waals surface area (Å²) >= 11 is 1.40. The van der Waals surface area contributed by atoms with Crippen molar-refractivity contribution in [1.29, 1.82) is 0 Å². The van der Waals surface area contributed by atoms with Crippen LogP contribution in [-0.2, 0) is 0 Å². The van der Waals surface area contributed by atoms with Gasteiger partial charge >= 0.3 is 0 Å². The lowest BCUT2D eigenvalue weighted by atomic mass is 10.1. The first-order chi connectivity index (χ1) is 7.83. The first-order valence-corrected chi connectivity index (χ1v) is 6.28. The van der Waals surface area contributed by atoms with E-state index in [1.807, 2.05) is 0 Å². The van der Waals surface area contributed by atoms with Crippen LogP contribution in [-0.4, -0.2) is 28.0 Å². The molecule has 0 saturated carbocycles. The van der Waals surface area contributed by atoms with Crippen molar-refractivity contribution in [2.75, 3.05) is 23.7 Å². The van der Waals surface area contributed by atoms with Crippen molar-refractivity contribution in [3.8, 4) is 0 Å².